The van der Waals surface area contributed by atoms with E-state index >= 15 is 0 Å². The summed E-state index contributed by atoms with van der Waals surface area (Å²) in [7, 11) is 0. The Morgan fingerprint density at radius 1 is 1.05 bits per heavy atom. The lowest BCUT2D eigenvalue weighted by atomic mass is 10.0. The Balaban J connectivity index is 2.74. The molecule has 1 aromatic carbocycles. The first kappa shape index (κ1) is 16.7. The van der Waals surface area contributed by atoms with Crippen molar-refractivity contribution < 1.29 is 19.1 Å². The zero-order valence-corrected chi connectivity index (χ0v) is 13.4. The van der Waals surface area contributed by atoms with Crippen molar-refractivity contribution >= 4 is 27.9 Å². The molecule has 0 saturated carbocycles. The minimum atomic E-state index is -0.261. The molecule has 0 spiro atoms. The Morgan fingerprint density at radius 2 is 1.70 bits per heavy atom. The number of rotatable bonds is 7. The molecule has 110 valence electrons. The van der Waals surface area contributed by atoms with Crippen molar-refractivity contribution in [3.05, 3.63) is 33.8 Å². The minimum Gasteiger partial charge on any atom is -0.466 e. The van der Waals surface area contributed by atoms with Crippen LogP contribution >= 0.6 is 15.9 Å². The van der Waals surface area contributed by atoms with Crippen LogP contribution in [0.5, 0.6) is 0 Å². The summed E-state index contributed by atoms with van der Waals surface area (Å²) in [4.78, 5) is 23.0. The SMILES string of the molecule is CCOC(=O)CCc1ccc(Br)cc1CC(=O)OCC. The molecule has 0 aliphatic carbocycles. The normalized spacial score (nSPS) is 10.2. The third kappa shape index (κ3) is 5.74. The molecule has 0 radical (unpaired) electrons. The van der Waals surface area contributed by atoms with Crippen LogP contribution in [-0.4, -0.2) is 25.2 Å². The van der Waals surface area contributed by atoms with Gasteiger partial charge in [-0.3, -0.25) is 9.59 Å². The molecule has 1 rings (SSSR count). The zero-order valence-electron chi connectivity index (χ0n) is 11.8. The van der Waals surface area contributed by atoms with E-state index in [0.29, 0.717) is 26.1 Å². The lowest BCUT2D eigenvalue weighted by Crippen LogP contribution is -2.11. The van der Waals surface area contributed by atoms with Crippen molar-refractivity contribution in [1.29, 1.82) is 0 Å². The number of benzene rings is 1. The molecule has 0 fully saturated rings. The number of carbonyl (C=O) groups is 2. The molecule has 0 aliphatic rings. The molecular formula is C15H19BrO4. The highest BCUT2D eigenvalue weighted by molar-refractivity contribution is 9.10. The lowest BCUT2D eigenvalue weighted by molar-refractivity contribution is -0.143. The Bertz CT molecular complexity index is 471. The lowest BCUT2D eigenvalue weighted by Gasteiger charge is -2.10. The van der Waals surface area contributed by atoms with Crippen LogP contribution < -0.4 is 0 Å². The van der Waals surface area contributed by atoms with Crippen LogP contribution in [0.2, 0.25) is 0 Å². The summed E-state index contributed by atoms with van der Waals surface area (Å²) in [5, 5.41) is 0. The van der Waals surface area contributed by atoms with Crippen LogP contribution in [0.3, 0.4) is 0 Å². The van der Waals surface area contributed by atoms with Gasteiger partial charge in [0.1, 0.15) is 0 Å². The van der Waals surface area contributed by atoms with Crippen LogP contribution in [0.25, 0.3) is 0 Å². The van der Waals surface area contributed by atoms with Gasteiger partial charge in [0.25, 0.3) is 0 Å². The predicted molar refractivity (Wildman–Crippen MR) is 79.4 cm³/mol. The van der Waals surface area contributed by atoms with Gasteiger partial charge in [-0.05, 0) is 43.5 Å². The highest BCUT2D eigenvalue weighted by Crippen LogP contribution is 2.19. The molecule has 5 heteroatoms. The average molecular weight is 343 g/mol. The number of aryl methyl sites for hydroxylation is 1. The van der Waals surface area contributed by atoms with E-state index in [1.165, 1.54) is 0 Å². The van der Waals surface area contributed by atoms with Crippen LogP contribution in [0.15, 0.2) is 22.7 Å². The van der Waals surface area contributed by atoms with Gasteiger partial charge in [0.05, 0.1) is 19.6 Å². The largest absolute Gasteiger partial charge is 0.466 e. The highest BCUT2D eigenvalue weighted by Gasteiger charge is 2.11. The maximum Gasteiger partial charge on any atom is 0.310 e. The number of halogens is 1. The first-order valence-electron chi connectivity index (χ1n) is 6.65. The van der Waals surface area contributed by atoms with E-state index in [-0.39, 0.29) is 18.4 Å². The third-order valence-electron chi connectivity index (χ3n) is 2.71. The Labute approximate surface area is 127 Å². The molecule has 0 N–H and O–H groups in total. The standard InChI is InChI=1S/C15H19BrO4/c1-3-19-14(17)8-6-11-5-7-13(16)9-12(11)10-15(18)20-4-2/h5,7,9H,3-4,6,8,10H2,1-2H3. The first-order valence-corrected chi connectivity index (χ1v) is 7.44. The van der Waals surface area contributed by atoms with Gasteiger partial charge in [0.15, 0.2) is 0 Å². The second-order valence-corrected chi connectivity index (χ2v) is 5.12. The van der Waals surface area contributed by atoms with Crippen LogP contribution in [0, 0.1) is 0 Å². The van der Waals surface area contributed by atoms with Crippen LogP contribution in [-0.2, 0) is 31.9 Å². The van der Waals surface area contributed by atoms with E-state index in [1.54, 1.807) is 13.8 Å². The number of hydrogen-bond donors (Lipinski definition) is 0. The summed E-state index contributed by atoms with van der Waals surface area (Å²) in [6.45, 7) is 4.31. The second-order valence-electron chi connectivity index (χ2n) is 4.20. The van der Waals surface area contributed by atoms with E-state index in [9.17, 15) is 9.59 Å². The van der Waals surface area contributed by atoms with Crippen LogP contribution in [0.1, 0.15) is 31.4 Å². The summed E-state index contributed by atoms with van der Waals surface area (Å²) in [6.07, 6.45) is 1.08. The van der Waals surface area contributed by atoms with Crippen molar-refractivity contribution in [3.8, 4) is 0 Å². The number of ether oxygens (including phenoxy) is 2. The van der Waals surface area contributed by atoms with Gasteiger partial charge < -0.3 is 9.47 Å². The topological polar surface area (TPSA) is 52.6 Å². The van der Waals surface area contributed by atoms with Gasteiger partial charge >= 0.3 is 11.9 Å². The molecule has 1 aromatic rings. The summed E-state index contributed by atoms with van der Waals surface area (Å²) < 4.78 is 10.8. The molecular weight excluding hydrogens is 324 g/mol. The highest BCUT2D eigenvalue weighted by atomic mass is 79.9. The smallest absolute Gasteiger partial charge is 0.310 e. The van der Waals surface area contributed by atoms with E-state index < -0.39 is 0 Å². The van der Waals surface area contributed by atoms with Crippen LogP contribution in [0.4, 0.5) is 0 Å². The molecule has 0 amide bonds. The maximum atomic E-state index is 11.6. The number of carbonyl (C=O) groups excluding carboxylic acids is 2. The molecule has 4 nitrogen and oxygen atoms in total. The Kier molecular flexibility index (Phi) is 7.30. The molecule has 0 aliphatic heterocycles. The van der Waals surface area contributed by atoms with Crippen molar-refractivity contribution in [2.75, 3.05) is 13.2 Å². The van der Waals surface area contributed by atoms with E-state index in [0.717, 1.165) is 15.6 Å². The van der Waals surface area contributed by atoms with E-state index in [1.807, 2.05) is 18.2 Å². The fraction of sp³-hybridized carbons (Fsp3) is 0.467. The van der Waals surface area contributed by atoms with E-state index in [4.69, 9.17) is 9.47 Å². The number of esters is 2. The van der Waals surface area contributed by atoms with Gasteiger partial charge in [-0.25, -0.2) is 0 Å². The van der Waals surface area contributed by atoms with Crippen molar-refractivity contribution in [2.24, 2.45) is 0 Å². The molecule has 0 aromatic heterocycles. The van der Waals surface area contributed by atoms with Crippen molar-refractivity contribution in [1.82, 2.24) is 0 Å². The fourth-order valence-electron chi connectivity index (χ4n) is 1.84. The predicted octanol–water partition coefficient (Wildman–Crippen LogP) is 3.05. The second kappa shape index (κ2) is 8.74. The van der Waals surface area contributed by atoms with Gasteiger partial charge in [-0.2, -0.15) is 0 Å². The molecule has 0 heterocycles. The van der Waals surface area contributed by atoms with Gasteiger partial charge in [0.2, 0.25) is 0 Å². The summed E-state index contributed by atoms with van der Waals surface area (Å²) in [5.41, 5.74) is 1.84. The summed E-state index contributed by atoms with van der Waals surface area (Å²) in [6, 6.07) is 5.70. The van der Waals surface area contributed by atoms with Gasteiger partial charge in [-0.15, -0.1) is 0 Å². The Morgan fingerprint density at radius 3 is 2.35 bits per heavy atom. The van der Waals surface area contributed by atoms with Crippen molar-refractivity contribution in [3.63, 3.8) is 0 Å². The van der Waals surface area contributed by atoms with E-state index in [2.05, 4.69) is 15.9 Å². The summed E-state index contributed by atoms with van der Waals surface area (Å²) >= 11 is 3.39. The maximum absolute atomic E-state index is 11.6. The molecule has 0 atom stereocenters. The summed E-state index contributed by atoms with van der Waals surface area (Å²) in [5.74, 6) is -0.486. The fourth-order valence-corrected chi connectivity index (χ4v) is 2.25. The Hall–Kier alpha value is -1.36. The molecule has 0 unspecified atom stereocenters. The molecule has 0 bridgehead atoms. The van der Waals surface area contributed by atoms with Gasteiger partial charge in [-0.1, -0.05) is 22.0 Å². The first-order chi connectivity index (χ1) is 9.56. The van der Waals surface area contributed by atoms with Gasteiger partial charge in [0, 0.05) is 10.9 Å². The zero-order chi connectivity index (χ0) is 15.0. The molecule has 0 saturated heterocycles. The number of hydrogen-bond acceptors (Lipinski definition) is 4. The quantitative estimate of drug-likeness (QED) is 0.714. The van der Waals surface area contributed by atoms with Crippen molar-refractivity contribution in [2.45, 2.75) is 33.1 Å². The third-order valence-corrected chi connectivity index (χ3v) is 3.21. The monoisotopic (exact) mass is 342 g/mol. The minimum absolute atomic E-state index is 0.214. The molecule has 20 heavy (non-hydrogen) atoms. The average Bonchev–Trinajstić information content (AvgIpc) is 2.38.